The van der Waals surface area contributed by atoms with Gasteiger partial charge in [-0.15, -0.1) is 0 Å². The molecule has 1 aliphatic heterocycles. The Labute approximate surface area is 171 Å². The molecule has 1 amide bonds. The molecule has 0 spiro atoms. The maximum Gasteiger partial charge on any atom is 0.231 e. The molecule has 3 saturated carbocycles. The van der Waals surface area contributed by atoms with Crippen LogP contribution >= 0.6 is 0 Å². The highest BCUT2D eigenvalue weighted by Gasteiger charge is 2.64. The lowest BCUT2D eigenvalue weighted by Gasteiger charge is -2.48. The van der Waals surface area contributed by atoms with Gasteiger partial charge in [0.25, 0.3) is 0 Å². The van der Waals surface area contributed by atoms with Gasteiger partial charge in [0.15, 0.2) is 11.5 Å². The highest BCUT2D eigenvalue weighted by atomic mass is 16.7. The van der Waals surface area contributed by atoms with Crippen LogP contribution in [0.1, 0.15) is 50.4 Å². The third kappa shape index (κ3) is 2.83. The molecular weight excluding hydrogens is 366 g/mol. The van der Waals surface area contributed by atoms with Crippen molar-refractivity contribution >= 4 is 5.91 Å². The van der Waals surface area contributed by atoms with E-state index in [-0.39, 0.29) is 24.0 Å². The van der Waals surface area contributed by atoms with Crippen molar-refractivity contribution in [3.8, 4) is 11.5 Å². The average molecular weight is 396 g/mol. The van der Waals surface area contributed by atoms with Gasteiger partial charge >= 0.3 is 0 Å². The highest BCUT2D eigenvalue weighted by molar-refractivity contribution is 5.82. The minimum absolute atomic E-state index is 0.0183. The van der Waals surface area contributed by atoms with Crippen molar-refractivity contribution in [2.75, 3.05) is 20.4 Å². The van der Waals surface area contributed by atoms with Gasteiger partial charge in [0.2, 0.25) is 12.7 Å². The molecule has 3 fully saturated rings. The van der Waals surface area contributed by atoms with Crippen LogP contribution in [0.3, 0.4) is 0 Å². The van der Waals surface area contributed by atoms with Crippen LogP contribution in [-0.4, -0.2) is 41.0 Å². The summed E-state index contributed by atoms with van der Waals surface area (Å²) in [6, 6.07) is 8.48. The third-order valence-corrected chi connectivity index (χ3v) is 7.14. The Bertz CT molecular complexity index is 933. The molecule has 29 heavy (non-hydrogen) atoms. The van der Waals surface area contributed by atoms with Gasteiger partial charge in [0.1, 0.15) is 0 Å². The maximum absolute atomic E-state index is 13.4. The van der Waals surface area contributed by atoms with Crippen molar-refractivity contribution in [2.45, 2.75) is 51.0 Å². The predicted molar refractivity (Wildman–Crippen MR) is 109 cm³/mol. The number of carbonyl (C=O) groups is 1. The van der Waals surface area contributed by atoms with E-state index >= 15 is 0 Å². The monoisotopic (exact) mass is 395 g/mol. The molecule has 0 saturated heterocycles. The average Bonchev–Trinajstić information content (AvgIpc) is 3.47. The van der Waals surface area contributed by atoms with E-state index in [1.54, 1.807) is 0 Å². The van der Waals surface area contributed by atoms with Crippen LogP contribution in [0.4, 0.5) is 0 Å². The highest BCUT2D eigenvalue weighted by Crippen LogP contribution is 2.64. The molecule has 3 aliphatic carbocycles. The van der Waals surface area contributed by atoms with E-state index in [1.165, 1.54) is 5.69 Å². The molecule has 2 bridgehead atoms. The first-order valence-electron chi connectivity index (χ1n) is 10.7. The van der Waals surface area contributed by atoms with E-state index in [4.69, 9.17) is 9.47 Å². The fourth-order valence-electron chi connectivity index (χ4n) is 5.66. The summed E-state index contributed by atoms with van der Waals surface area (Å²) in [5, 5.41) is 4.54. The van der Waals surface area contributed by atoms with Gasteiger partial charge in [-0.2, -0.15) is 5.10 Å². The van der Waals surface area contributed by atoms with Crippen molar-refractivity contribution in [3.63, 3.8) is 0 Å². The second-order valence-electron chi connectivity index (χ2n) is 9.09. The summed E-state index contributed by atoms with van der Waals surface area (Å²) >= 11 is 0. The minimum Gasteiger partial charge on any atom is -0.454 e. The molecule has 3 unspecified atom stereocenters. The number of fused-ring (bicyclic) bond motifs is 2. The summed E-state index contributed by atoms with van der Waals surface area (Å²) in [6.45, 7) is 5.32. The van der Waals surface area contributed by atoms with E-state index in [2.05, 4.69) is 35.8 Å². The molecule has 154 valence electrons. The largest absolute Gasteiger partial charge is 0.454 e. The normalized spacial score (nSPS) is 26.6. The molecule has 6 heteroatoms. The number of hydrogen-bond acceptors (Lipinski definition) is 4. The van der Waals surface area contributed by atoms with E-state index in [0.717, 1.165) is 42.7 Å². The summed E-state index contributed by atoms with van der Waals surface area (Å²) in [6.07, 6.45) is 6.07. The first-order valence-corrected chi connectivity index (χ1v) is 10.7. The van der Waals surface area contributed by atoms with Crippen molar-refractivity contribution in [3.05, 3.63) is 41.7 Å². The zero-order chi connectivity index (χ0) is 20.2. The molecule has 6 nitrogen and oxygen atoms in total. The lowest BCUT2D eigenvalue weighted by Crippen LogP contribution is -2.53. The Morgan fingerprint density at radius 3 is 2.93 bits per heavy atom. The van der Waals surface area contributed by atoms with Gasteiger partial charge in [-0.05, 0) is 69.2 Å². The van der Waals surface area contributed by atoms with E-state index in [0.29, 0.717) is 18.5 Å². The quantitative estimate of drug-likeness (QED) is 0.750. The summed E-state index contributed by atoms with van der Waals surface area (Å²) in [5.41, 5.74) is 2.40. The summed E-state index contributed by atoms with van der Waals surface area (Å²) in [5.74, 6) is 2.50. The summed E-state index contributed by atoms with van der Waals surface area (Å²) in [7, 11) is 1.94. The van der Waals surface area contributed by atoms with Crippen LogP contribution in [0.25, 0.3) is 0 Å². The molecule has 4 aliphatic rings. The topological polar surface area (TPSA) is 56.6 Å². The molecular formula is C23H29N3O3. The van der Waals surface area contributed by atoms with Gasteiger partial charge in [-0.3, -0.25) is 9.48 Å². The molecule has 6 rings (SSSR count). The van der Waals surface area contributed by atoms with Crippen LogP contribution in [-0.2, 0) is 16.6 Å². The van der Waals surface area contributed by atoms with E-state index in [9.17, 15) is 4.79 Å². The standard InChI is InChI=1S/C23H29N3O3/c1-15(2)26-20(7-10-24-26)23-9-6-17(13-23)21(23)22(27)25(3)11-8-16-4-5-18-19(12-16)29-14-28-18/h4-5,7,10,12,15,17,21H,6,8-9,11,13-14H2,1-3H3. The minimum atomic E-state index is -0.0183. The Balaban J connectivity index is 1.29. The van der Waals surface area contributed by atoms with Crippen molar-refractivity contribution < 1.29 is 14.3 Å². The van der Waals surface area contributed by atoms with E-state index in [1.807, 2.05) is 30.3 Å². The predicted octanol–water partition coefficient (Wildman–Crippen LogP) is 3.56. The van der Waals surface area contributed by atoms with Crippen LogP contribution in [0.2, 0.25) is 0 Å². The number of aromatic nitrogens is 2. The number of benzene rings is 1. The first kappa shape index (κ1) is 18.5. The van der Waals surface area contributed by atoms with Crippen LogP contribution in [0, 0.1) is 11.8 Å². The zero-order valence-corrected chi connectivity index (χ0v) is 17.4. The van der Waals surface area contributed by atoms with Crippen molar-refractivity contribution in [2.24, 2.45) is 11.8 Å². The zero-order valence-electron chi connectivity index (χ0n) is 17.4. The van der Waals surface area contributed by atoms with E-state index < -0.39 is 0 Å². The van der Waals surface area contributed by atoms with Gasteiger partial charge in [0, 0.05) is 36.9 Å². The lowest BCUT2D eigenvalue weighted by molar-refractivity contribution is -0.142. The fourth-order valence-corrected chi connectivity index (χ4v) is 5.66. The van der Waals surface area contributed by atoms with Crippen LogP contribution < -0.4 is 9.47 Å². The number of nitrogens with zero attached hydrogens (tertiary/aromatic N) is 3. The summed E-state index contributed by atoms with van der Waals surface area (Å²) < 4.78 is 13.0. The first-order chi connectivity index (χ1) is 14.0. The van der Waals surface area contributed by atoms with Crippen molar-refractivity contribution in [1.82, 2.24) is 14.7 Å². The number of amides is 1. The van der Waals surface area contributed by atoms with Crippen molar-refractivity contribution in [1.29, 1.82) is 0 Å². The molecule has 3 atom stereocenters. The Hall–Kier alpha value is -2.50. The van der Waals surface area contributed by atoms with Gasteiger partial charge < -0.3 is 14.4 Å². The Morgan fingerprint density at radius 1 is 1.31 bits per heavy atom. The fraction of sp³-hybridized carbons (Fsp3) is 0.565. The molecule has 0 radical (unpaired) electrons. The van der Waals surface area contributed by atoms with Gasteiger partial charge in [-0.1, -0.05) is 6.07 Å². The number of rotatable bonds is 6. The lowest BCUT2D eigenvalue weighted by atomic mass is 9.58. The molecule has 1 aromatic heterocycles. The molecule has 0 N–H and O–H groups in total. The summed E-state index contributed by atoms with van der Waals surface area (Å²) in [4.78, 5) is 15.4. The maximum atomic E-state index is 13.4. The number of carbonyl (C=O) groups excluding carboxylic acids is 1. The van der Waals surface area contributed by atoms with Gasteiger partial charge in [-0.25, -0.2) is 0 Å². The SMILES string of the molecule is CC(C)n1nccc1C12CCC(C1)C2C(=O)N(C)CCc1ccc2c(c1)OCO2. The van der Waals surface area contributed by atoms with Gasteiger partial charge in [0.05, 0.1) is 5.92 Å². The Morgan fingerprint density at radius 2 is 2.14 bits per heavy atom. The Kier molecular flexibility index (Phi) is 4.33. The second kappa shape index (κ2) is 6.78. The van der Waals surface area contributed by atoms with Crippen LogP contribution in [0.5, 0.6) is 11.5 Å². The number of ether oxygens (including phenoxy) is 2. The number of hydrogen-bond donors (Lipinski definition) is 0. The smallest absolute Gasteiger partial charge is 0.231 e. The number of likely N-dealkylation sites (N-methyl/N-ethyl adjacent to an activating group) is 1. The molecule has 1 aromatic carbocycles. The molecule has 2 aromatic rings. The third-order valence-electron chi connectivity index (χ3n) is 7.14. The molecule has 2 heterocycles. The second-order valence-corrected chi connectivity index (χ2v) is 9.09. The van der Waals surface area contributed by atoms with Crippen LogP contribution in [0.15, 0.2) is 30.5 Å².